The van der Waals surface area contributed by atoms with Gasteiger partial charge in [0.15, 0.2) is 5.78 Å². The molecule has 0 fully saturated rings. The molecule has 0 aliphatic heterocycles. The quantitative estimate of drug-likeness (QED) is 0.784. The van der Waals surface area contributed by atoms with Crippen LogP contribution in [0, 0.1) is 5.92 Å². The Morgan fingerprint density at radius 2 is 1.63 bits per heavy atom. The lowest BCUT2D eigenvalue weighted by Crippen LogP contribution is -2.15. The molecule has 0 saturated carbocycles. The molecule has 2 nitrogen and oxygen atoms in total. The fourth-order valence-electron chi connectivity index (χ4n) is 2.98. The van der Waals surface area contributed by atoms with Crippen LogP contribution in [-0.2, 0) is 4.79 Å². The number of benzene rings is 2. The van der Waals surface area contributed by atoms with E-state index in [4.69, 9.17) is 0 Å². The second-order valence-corrected chi connectivity index (χ2v) is 4.85. The maximum Gasteiger partial charge on any atom is 0.167 e. The number of carbonyl (C=O) groups excluding carboxylic acids is 2. The molecule has 0 aromatic heterocycles. The van der Waals surface area contributed by atoms with E-state index >= 15 is 0 Å². The predicted octanol–water partition coefficient (Wildman–Crippen LogP) is 3.22. The summed E-state index contributed by atoms with van der Waals surface area (Å²) >= 11 is 0. The SMILES string of the molecule is O=CCC1C(=O)c2ccccc2C1c1ccccc1. The maximum absolute atomic E-state index is 12.4. The molecular weight excluding hydrogens is 236 g/mol. The number of fused-ring (bicyclic) bond motifs is 1. The van der Waals surface area contributed by atoms with E-state index in [1.807, 2.05) is 54.6 Å². The lowest BCUT2D eigenvalue weighted by molar-refractivity contribution is -0.108. The summed E-state index contributed by atoms with van der Waals surface area (Å²) < 4.78 is 0. The van der Waals surface area contributed by atoms with Gasteiger partial charge in [0.25, 0.3) is 0 Å². The highest BCUT2D eigenvalue weighted by molar-refractivity contribution is 6.04. The van der Waals surface area contributed by atoms with Crippen molar-refractivity contribution in [2.75, 3.05) is 0 Å². The van der Waals surface area contributed by atoms with E-state index in [9.17, 15) is 9.59 Å². The molecule has 19 heavy (non-hydrogen) atoms. The van der Waals surface area contributed by atoms with Crippen molar-refractivity contribution in [1.29, 1.82) is 0 Å². The maximum atomic E-state index is 12.4. The Labute approximate surface area is 112 Å². The highest BCUT2D eigenvalue weighted by atomic mass is 16.1. The van der Waals surface area contributed by atoms with E-state index in [0.29, 0.717) is 0 Å². The van der Waals surface area contributed by atoms with Gasteiger partial charge in [0.2, 0.25) is 0 Å². The van der Waals surface area contributed by atoms with Gasteiger partial charge in [-0.25, -0.2) is 0 Å². The summed E-state index contributed by atoms with van der Waals surface area (Å²) in [4.78, 5) is 23.3. The van der Waals surface area contributed by atoms with E-state index in [1.165, 1.54) is 0 Å². The molecule has 2 aromatic carbocycles. The number of aldehydes is 1. The first-order valence-electron chi connectivity index (χ1n) is 6.44. The van der Waals surface area contributed by atoms with Crippen LogP contribution in [0.2, 0.25) is 0 Å². The molecule has 1 aliphatic carbocycles. The summed E-state index contributed by atoms with van der Waals surface area (Å²) in [5.41, 5.74) is 2.92. The third-order valence-electron chi connectivity index (χ3n) is 3.81. The Morgan fingerprint density at radius 1 is 0.947 bits per heavy atom. The van der Waals surface area contributed by atoms with Gasteiger partial charge in [0.05, 0.1) is 0 Å². The monoisotopic (exact) mass is 250 g/mol. The highest BCUT2D eigenvalue weighted by Gasteiger charge is 2.39. The summed E-state index contributed by atoms with van der Waals surface area (Å²) in [5, 5.41) is 0. The Morgan fingerprint density at radius 3 is 2.37 bits per heavy atom. The lowest BCUT2D eigenvalue weighted by atomic mass is 9.84. The second kappa shape index (κ2) is 4.81. The molecule has 2 heteroatoms. The number of hydrogen-bond donors (Lipinski definition) is 0. The number of Topliss-reactive ketones (excluding diaryl/α,β-unsaturated/α-hetero) is 1. The smallest absolute Gasteiger partial charge is 0.167 e. The van der Waals surface area contributed by atoms with Crippen LogP contribution in [0.15, 0.2) is 54.6 Å². The molecule has 0 spiro atoms. The molecule has 0 radical (unpaired) electrons. The zero-order valence-electron chi connectivity index (χ0n) is 10.5. The van der Waals surface area contributed by atoms with Crippen LogP contribution in [0.5, 0.6) is 0 Å². The number of carbonyl (C=O) groups is 2. The minimum Gasteiger partial charge on any atom is -0.303 e. The Kier molecular flexibility index (Phi) is 3.00. The molecule has 0 N–H and O–H groups in total. The Bertz CT molecular complexity index is 616. The molecule has 1 aliphatic rings. The van der Waals surface area contributed by atoms with E-state index < -0.39 is 0 Å². The van der Waals surface area contributed by atoms with Crippen LogP contribution in [-0.4, -0.2) is 12.1 Å². The van der Waals surface area contributed by atoms with Gasteiger partial charge in [0, 0.05) is 23.8 Å². The predicted molar refractivity (Wildman–Crippen MR) is 73.2 cm³/mol. The van der Waals surface area contributed by atoms with Gasteiger partial charge >= 0.3 is 0 Å². The van der Waals surface area contributed by atoms with E-state index in [2.05, 4.69) is 0 Å². The molecule has 0 amide bonds. The van der Waals surface area contributed by atoms with Crippen molar-refractivity contribution in [3.63, 3.8) is 0 Å². The minimum absolute atomic E-state index is 0.00935. The third kappa shape index (κ3) is 1.89. The van der Waals surface area contributed by atoms with Crippen LogP contribution in [0.25, 0.3) is 0 Å². The van der Waals surface area contributed by atoms with Crippen LogP contribution in [0.1, 0.15) is 33.8 Å². The zero-order valence-corrected chi connectivity index (χ0v) is 10.5. The Balaban J connectivity index is 2.14. The summed E-state index contributed by atoms with van der Waals surface area (Å²) in [7, 11) is 0. The third-order valence-corrected chi connectivity index (χ3v) is 3.81. The van der Waals surface area contributed by atoms with Crippen molar-refractivity contribution in [3.8, 4) is 0 Å². The highest BCUT2D eigenvalue weighted by Crippen LogP contribution is 2.43. The van der Waals surface area contributed by atoms with Gasteiger partial charge in [-0.15, -0.1) is 0 Å². The number of rotatable bonds is 3. The summed E-state index contributed by atoms with van der Waals surface area (Å²) in [6.07, 6.45) is 1.14. The van der Waals surface area contributed by atoms with Crippen LogP contribution < -0.4 is 0 Å². The largest absolute Gasteiger partial charge is 0.303 e. The molecule has 2 atom stereocenters. The molecule has 0 bridgehead atoms. The summed E-state index contributed by atoms with van der Waals surface area (Å²) in [6, 6.07) is 17.6. The van der Waals surface area contributed by atoms with Crippen LogP contribution in [0.4, 0.5) is 0 Å². The number of ketones is 1. The van der Waals surface area contributed by atoms with Crippen LogP contribution in [0.3, 0.4) is 0 Å². The van der Waals surface area contributed by atoms with Gasteiger partial charge in [-0.3, -0.25) is 4.79 Å². The molecule has 3 rings (SSSR count). The normalized spacial score (nSPS) is 21.2. The van der Waals surface area contributed by atoms with Crippen molar-refractivity contribution in [2.45, 2.75) is 12.3 Å². The standard InChI is InChI=1S/C17H14O2/c18-11-10-15-16(12-6-2-1-3-7-12)13-8-4-5-9-14(13)17(15)19/h1-9,11,15-16H,10H2. The first-order valence-corrected chi connectivity index (χ1v) is 6.44. The average molecular weight is 250 g/mol. The van der Waals surface area contributed by atoms with Crippen molar-refractivity contribution in [2.24, 2.45) is 5.92 Å². The molecule has 0 saturated heterocycles. The fraction of sp³-hybridized carbons (Fsp3) is 0.176. The first kappa shape index (κ1) is 11.8. The van der Waals surface area contributed by atoms with Crippen molar-refractivity contribution < 1.29 is 9.59 Å². The van der Waals surface area contributed by atoms with E-state index in [1.54, 1.807) is 0 Å². The van der Waals surface area contributed by atoms with E-state index in [-0.39, 0.29) is 24.0 Å². The first-order chi connectivity index (χ1) is 9.33. The second-order valence-electron chi connectivity index (χ2n) is 4.85. The van der Waals surface area contributed by atoms with Crippen LogP contribution >= 0.6 is 0 Å². The molecular formula is C17H14O2. The van der Waals surface area contributed by atoms with Crippen molar-refractivity contribution in [1.82, 2.24) is 0 Å². The average Bonchev–Trinajstić information content (AvgIpc) is 2.74. The van der Waals surface area contributed by atoms with Gasteiger partial charge in [-0.05, 0) is 11.1 Å². The Hall–Kier alpha value is -2.22. The van der Waals surface area contributed by atoms with Gasteiger partial charge < -0.3 is 4.79 Å². The van der Waals surface area contributed by atoms with Crippen molar-refractivity contribution in [3.05, 3.63) is 71.3 Å². The summed E-state index contributed by atoms with van der Waals surface area (Å²) in [5.74, 6) is -0.149. The van der Waals surface area contributed by atoms with Crippen molar-refractivity contribution >= 4 is 12.1 Å². The molecule has 94 valence electrons. The number of hydrogen-bond acceptors (Lipinski definition) is 2. The lowest BCUT2D eigenvalue weighted by Gasteiger charge is -2.17. The zero-order chi connectivity index (χ0) is 13.2. The molecule has 2 aromatic rings. The minimum atomic E-state index is -0.253. The summed E-state index contributed by atoms with van der Waals surface area (Å²) in [6.45, 7) is 0. The van der Waals surface area contributed by atoms with Gasteiger partial charge in [-0.2, -0.15) is 0 Å². The van der Waals surface area contributed by atoms with E-state index in [0.717, 1.165) is 23.0 Å². The fourth-order valence-corrected chi connectivity index (χ4v) is 2.98. The molecule has 2 unspecified atom stereocenters. The van der Waals surface area contributed by atoms with Gasteiger partial charge in [0.1, 0.15) is 6.29 Å². The molecule has 0 heterocycles. The topological polar surface area (TPSA) is 34.1 Å². The van der Waals surface area contributed by atoms with Gasteiger partial charge in [-0.1, -0.05) is 54.6 Å².